The van der Waals surface area contributed by atoms with Gasteiger partial charge in [0.1, 0.15) is 10.9 Å². The lowest BCUT2D eigenvalue weighted by atomic mass is 9.97. The van der Waals surface area contributed by atoms with Crippen LogP contribution in [-0.4, -0.2) is 19.3 Å². The van der Waals surface area contributed by atoms with Crippen LogP contribution in [0, 0.1) is 24.2 Å². The zero-order chi connectivity index (χ0) is 27.0. The molecule has 7 heteroatoms. The molecule has 1 aliphatic carbocycles. The van der Waals surface area contributed by atoms with Crippen molar-refractivity contribution in [3.8, 4) is 28.5 Å². The van der Waals surface area contributed by atoms with Crippen molar-refractivity contribution in [2.75, 3.05) is 0 Å². The van der Waals surface area contributed by atoms with E-state index < -0.39 is 17.0 Å². The van der Waals surface area contributed by atoms with E-state index in [0.717, 1.165) is 50.5 Å². The van der Waals surface area contributed by atoms with Crippen LogP contribution < -0.4 is 10.6 Å². The van der Waals surface area contributed by atoms with Gasteiger partial charge in [-0.05, 0) is 67.8 Å². The molecule has 0 bridgehead atoms. The fourth-order valence-electron chi connectivity index (χ4n) is 5.08. The number of hydrogen-bond donors (Lipinski definition) is 1. The van der Waals surface area contributed by atoms with Gasteiger partial charge in [-0.3, -0.25) is 8.77 Å². The van der Waals surface area contributed by atoms with Gasteiger partial charge in [-0.25, -0.2) is 4.21 Å². The molecule has 0 spiro atoms. The minimum Gasteiger partial charge on any atom is -0.481 e. The summed E-state index contributed by atoms with van der Waals surface area (Å²) >= 11 is 1.39. The highest BCUT2D eigenvalue weighted by Crippen LogP contribution is 2.48. The van der Waals surface area contributed by atoms with Crippen LogP contribution in [0.4, 0.5) is 0 Å². The summed E-state index contributed by atoms with van der Waals surface area (Å²) in [5.74, 6) is -1.18. The molecular weight excluding hydrogens is 512 g/mol. The maximum Gasteiger partial charge on any atom is 0.307 e. The van der Waals surface area contributed by atoms with Gasteiger partial charge in [0.05, 0.1) is 21.9 Å². The summed E-state index contributed by atoms with van der Waals surface area (Å²) in [4.78, 5) is 12.9. The number of aromatic nitrogens is 1. The summed E-state index contributed by atoms with van der Waals surface area (Å²) < 4.78 is 16.2. The molecule has 1 fully saturated rings. The first-order chi connectivity index (χ1) is 18.4. The fourth-order valence-corrected chi connectivity index (χ4v) is 7.10. The number of nitrogens with zero attached hydrogens (tertiary/aromatic N) is 2. The third-order valence-corrected chi connectivity index (χ3v) is 9.21. The van der Waals surface area contributed by atoms with E-state index in [0.29, 0.717) is 16.2 Å². The van der Waals surface area contributed by atoms with Crippen LogP contribution in [0.3, 0.4) is 0 Å². The first-order valence-electron chi connectivity index (χ1n) is 12.6. The monoisotopic (exact) mass is 540 g/mol. The molecule has 0 saturated heterocycles. The molecule has 2 heterocycles. The average Bonchev–Trinajstić information content (AvgIpc) is 3.49. The zero-order valence-electron chi connectivity index (χ0n) is 21.5. The summed E-state index contributed by atoms with van der Waals surface area (Å²) in [6.45, 7) is 6.00. The third-order valence-electron chi connectivity index (χ3n) is 7.01. The van der Waals surface area contributed by atoms with E-state index in [1.807, 2.05) is 83.9 Å². The molecule has 1 saturated carbocycles. The quantitative estimate of drug-likeness (QED) is 0.321. The molecule has 3 unspecified atom stereocenters. The molecule has 1 N–H and O–H groups in total. The maximum absolute atomic E-state index is 14.3. The predicted octanol–water partition coefficient (Wildman–Crippen LogP) is 5.81. The van der Waals surface area contributed by atoms with Crippen molar-refractivity contribution in [2.24, 2.45) is 5.92 Å². The van der Waals surface area contributed by atoms with Crippen molar-refractivity contribution in [1.82, 2.24) is 3.97 Å². The summed E-state index contributed by atoms with van der Waals surface area (Å²) in [7, 11) is -1.57. The molecule has 5 rings (SSSR count). The van der Waals surface area contributed by atoms with Gasteiger partial charge < -0.3 is 5.11 Å². The van der Waals surface area contributed by atoms with Gasteiger partial charge in [-0.2, -0.15) is 5.26 Å². The van der Waals surface area contributed by atoms with Crippen LogP contribution in [0.2, 0.25) is 0 Å². The number of carboxylic acids is 1. The van der Waals surface area contributed by atoms with Crippen LogP contribution in [0.1, 0.15) is 48.6 Å². The van der Waals surface area contributed by atoms with E-state index in [2.05, 4.69) is 19.1 Å². The van der Waals surface area contributed by atoms with Crippen molar-refractivity contribution in [2.45, 2.75) is 44.4 Å². The Morgan fingerprint density at radius 1 is 1.24 bits per heavy atom. The van der Waals surface area contributed by atoms with Crippen LogP contribution in [0.5, 0.6) is 0 Å². The smallest absolute Gasteiger partial charge is 0.307 e. The first kappa shape index (κ1) is 25.9. The van der Waals surface area contributed by atoms with Crippen molar-refractivity contribution >= 4 is 40.4 Å². The van der Waals surface area contributed by atoms with Gasteiger partial charge >= 0.3 is 5.97 Å². The van der Waals surface area contributed by atoms with E-state index >= 15 is 0 Å². The van der Waals surface area contributed by atoms with Gasteiger partial charge in [0.2, 0.25) is 0 Å². The second kappa shape index (κ2) is 10.6. The number of nitriles is 1. The van der Waals surface area contributed by atoms with Crippen molar-refractivity contribution in [1.29, 1.82) is 5.26 Å². The highest BCUT2D eigenvalue weighted by molar-refractivity contribution is 7.83. The molecule has 192 valence electrons. The zero-order valence-corrected chi connectivity index (χ0v) is 23.1. The molecule has 38 heavy (non-hydrogen) atoms. The Morgan fingerprint density at radius 2 is 2.00 bits per heavy atom. The molecule has 5 nitrogen and oxygen atoms in total. The molecule has 3 atom stereocenters. The minimum absolute atomic E-state index is 0.0309. The lowest BCUT2D eigenvalue weighted by molar-refractivity contribution is -0.138. The lowest BCUT2D eigenvalue weighted by Crippen LogP contribution is -2.31. The van der Waals surface area contributed by atoms with Crippen molar-refractivity contribution in [3.63, 3.8) is 0 Å². The summed E-state index contributed by atoms with van der Waals surface area (Å²) in [6, 6.07) is 19.9. The Kier molecular flexibility index (Phi) is 7.20. The average molecular weight is 541 g/mol. The predicted molar refractivity (Wildman–Crippen MR) is 154 cm³/mol. The van der Waals surface area contributed by atoms with Crippen molar-refractivity contribution < 1.29 is 14.1 Å². The Balaban J connectivity index is 1.86. The first-order valence-corrected chi connectivity index (χ1v) is 14.6. The van der Waals surface area contributed by atoms with Gasteiger partial charge in [0, 0.05) is 21.9 Å². The molecule has 0 radical (unpaired) electrons. The highest BCUT2D eigenvalue weighted by atomic mass is 32.2. The van der Waals surface area contributed by atoms with Crippen LogP contribution in [-0.2, 0) is 15.8 Å². The Bertz CT molecular complexity index is 1720. The van der Waals surface area contributed by atoms with Crippen LogP contribution in [0.15, 0.2) is 64.9 Å². The molecule has 2 aromatic heterocycles. The highest BCUT2D eigenvalue weighted by Gasteiger charge is 2.44. The molecule has 1 aliphatic rings. The normalized spacial score (nSPS) is 18.4. The number of carboxylic acid groups (broad SMARTS) is 1. The summed E-state index contributed by atoms with van der Waals surface area (Å²) in [6.07, 6.45) is 5.49. The molecule has 0 aliphatic heterocycles. The third kappa shape index (κ3) is 4.55. The van der Waals surface area contributed by atoms with Crippen LogP contribution >= 0.6 is 11.3 Å². The SMILES string of the molecule is C/C=c1\c(=C/CC)c(-c2ccsc2C#N)c(-c2cccc(C3CC3C(=O)O)c2)n1S(=O)c1ccc(C)cc1. The van der Waals surface area contributed by atoms with Gasteiger partial charge in [0.15, 0.2) is 11.0 Å². The van der Waals surface area contributed by atoms with Crippen LogP contribution in [0.25, 0.3) is 34.5 Å². The summed E-state index contributed by atoms with van der Waals surface area (Å²) in [5, 5.41) is 23.1. The Labute approximate surface area is 228 Å². The standard InChI is InChI=1S/C31H28N2O3S2/c1-4-7-23-27(5-2)33(38(36)22-12-10-19(3)11-13-22)30(29(23)24-14-15-37-28(24)18-32)21-9-6-8-20(16-21)25-17-26(25)31(34)35/h5-16,25-26H,4,17H2,1-3H3,(H,34,35)/b23-7+,27-5+. The minimum atomic E-state index is -1.57. The van der Waals surface area contributed by atoms with E-state index in [1.54, 1.807) is 0 Å². The maximum atomic E-state index is 14.3. The topological polar surface area (TPSA) is 83.1 Å². The van der Waals surface area contributed by atoms with Gasteiger partial charge in [0.25, 0.3) is 0 Å². The molecular formula is C31H28N2O3S2. The van der Waals surface area contributed by atoms with E-state index in [9.17, 15) is 19.4 Å². The number of aryl methyl sites for hydroxylation is 1. The Morgan fingerprint density at radius 3 is 2.63 bits per heavy atom. The second-order valence-corrected chi connectivity index (χ2v) is 11.7. The molecule has 2 aromatic carbocycles. The second-order valence-electron chi connectivity index (χ2n) is 9.47. The number of thiophene rings is 1. The van der Waals surface area contributed by atoms with E-state index in [1.165, 1.54) is 11.3 Å². The number of hydrogen-bond acceptors (Lipinski definition) is 4. The van der Waals surface area contributed by atoms with Crippen molar-refractivity contribution in [3.05, 3.63) is 86.5 Å². The number of carbonyl (C=O) groups is 1. The number of benzene rings is 2. The van der Waals surface area contributed by atoms with Gasteiger partial charge in [-0.15, -0.1) is 11.3 Å². The fraction of sp³-hybridized carbons (Fsp3) is 0.226. The largest absolute Gasteiger partial charge is 0.481 e. The molecule has 0 amide bonds. The number of aliphatic carboxylic acids is 1. The molecule has 4 aromatic rings. The summed E-state index contributed by atoms with van der Waals surface area (Å²) in [5.41, 5.74) is 5.35. The van der Waals surface area contributed by atoms with E-state index in [4.69, 9.17) is 0 Å². The van der Waals surface area contributed by atoms with E-state index in [-0.39, 0.29) is 11.8 Å². The lowest BCUT2D eigenvalue weighted by Gasteiger charge is -2.13. The number of rotatable bonds is 7. The van der Waals surface area contributed by atoms with Gasteiger partial charge in [-0.1, -0.05) is 55.0 Å². The Hall–Kier alpha value is -3.73.